The quantitative estimate of drug-likeness (QED) is 0.153. The first-order valence-corrected chi connectivity index (χ1v) is 12.8. The third-order valence-electron chi connectivity index (χ3n) is 4.76. The molecule has 10 heteroatoms. The lowest BCUT2D eigenvalue weighted by Gasteiger charge is -2.13. The SMILES string of the molecule is CCOc1cc(/C=N/n2cnnc2SCc2ccc(Cl)cc2)ccc1OCc1ccc(Cl)c(Cl)c1. The predicted octanol–water partition coefficient (Wildman–Crippen LogP) is 7.39. The summed E-state index contributed by atoms with van der Waals surface area (Å²) in [7, 11) is 0. The van der Waals surface area contributed by atoms with Gasteiger partial charge in [0.1, 0.15) is 12.9 Å². The van der Waals surface area contributed by atoms with Crippen LogP contribution >= 0.6 is 46.6 Å². The van der Waals surface area contributed by atoms with Crippen LogP contribution in [0.2, 0.25) is 15.1 Å². The molecule has 1 heterocycles. The summed E-state index contributed by atoms with van der Waals surface area (Å²) in [6.07, 6.45) is 3.29. The minimum absolute atomic E-state index is 0.333. The first kappa shape index (κ1) is 25.4. The van der Waals surface area contributed by atoms with Crippen LogP contribution in [0.25, 0.3) is 0 Å². The van der Waals surface area contributed by atoms with Crippen LogP contribution in [0.3, 0.4) is 0 Å². The molecule has 0 N–H and O–H groups in total. The molecule has 0 amide bonds. The molecule has 0 unspecified atom stereocenters. The normalized spacial score (nSPS) is 11.2. The van der Waals surface area contributed by atoms with E-state index in [0.717, 1.165) is 22.4 Å². The van der Waals surface area contributed by atoms with Gasteiger partial charge in [0.2, 0.25) is 5.16 Å². The van der Waals surface area contributed by atoms with Crippen LogP contribution < -0.4 is 9.47 Å². The van der Waals surface area contributed by atoms with Gasteiger partial charge in [0.05, 0.1) is 22.9 Å². The Kier molecular flexibility index (Phi) is 8.93. The lowest BCUT2D eigenvalue weighted by molar-refractivity contribution is 0.269. The molecule has 0 saturated carbocycles. The maximum Gasteiger partial charge on any atom is 0.212 e. The van der Waals surface area contributed by atoms with Gasteiger partial charge in [-0.3, -0.25) is 0 Å². The molecule has 0 saturated heterocycles. The molecule has 180 valence electrons. The first-order valence-electron chi connectivity index (χ1n) is 10.7. The van der Waals surface area contributed by atoms with E-state index < -0.39 is 0 Å². The first-order chi connectivity index (χ1) is 17.0. The molecule has 4 aromatic rings. The van der Waals surface area contributed by atoms with Crippen molar-refractivity contribution in [2.24, 2.45) is 5.10 Å². The summed E-state index contributed by atoms with van der Waals surface area (Å²) < 4.78 is 13.4. The summed E-state index contributed by atoms with van der Waals surface area (Å²) in [5, 5.41) is 15.0. The Morgan fingerprint density at radius 2 is 1.71 bits per heavy atom. The Labute approximate surface area is 222 Å². The van der Waals surface area contributed by atoms with E-state index in [-0.39, 0.29) is 0 Å². The summed E-state index contributed by atoms with van der Waals surface area (Å²) >= 11 is 19.6. The van der Waals surface area contributed by atoms with Gasteiger partial charge < -0.3 is 9.47 Å². The van der Waals surface area contributed by atoms with Gasteiger partial charge in [0, 0.05) is 10.8 Å². The van der Waals surface area contributed by atoms with Gasteiger partial charge in [0.15, 0.2) is 11.5 Å². The van der Waals surface area contributed by atoms with E-state index in [1.807, 2.05) is 55.5 Å². The molecule has 0 aliphatic carbocycles. The molecule has 1 aromatic heterocycles. The van der Waals surface area contributed by atoms with Gasteiger partial charge in [-0.05, 0) is 66.1 Å². The summed E-state index contributed by atoms with van der Waals surface area (Å²) in [4.78, 5) is 0. The Morgan fingerprint density at radius 1 is 0.914 bits per heavy atom. The number of thioether (sulfide) groups is 1. The van der Waals surface area contributed by atoms with Gasteiger partial charge in [-0.2, -0.15) is 9.78 Å². The van der Waals surface area contributed by atoms with Crippen LogP contribution in [-0.4, -0.2) is 27.7 Å². The van der Waals surface area contributed by atoms with E-state index in [9.17, 15) is 0 Å². The highest BCUT2D eigenvalue weighted by Gasteiger charge is 2.09. The number of halogens is 3. The fourth-order valence-corrected chi connectivity index (χ4v) is 4.30. The van der Waals surface area contributed by atoms with Gasteiger partial charge in [-0.1, -0.05) is 64.8 Å². The number of benzene rings is 3. The van der Waals surface area contributed by atoms with Crippen molar-refractivity contribution < 1.29 is 9.47 Å². The highest BCUT2D eigenvalue weighted by atomic mass is 35.5. The highest BCUT2D eigenvalue weighted by molar-refractivity contribution is 7.98. The van der Waals surface area contributed by atoms with Gasteiger partial charge in [0.25, 0.3) is 0 Å². The van der Waals surface area contributed by atoms with Crippen molar-refractivity contribution in [2.45, 2.75) is 24.4 Å². The minimum atomic E-state index is 0.333. The van der Waals surface area contributed by atoms with Crippen LogP contribution in [0, 0.1) is 0 Å². The van der Waals surface area contributed by atoms with Gasteiger partial charge >= 0.3 is 0 Å². The smallest absolute Gasteiger partial charge is 0.212 e. The van der Waals surface area contributed by atoms with Crippen LogP contribution in [0.4, 0.5) is 0 Å². The van der Waals surface area contributed by atoms with Crippen LogP contribution in [0.15, 0.2) is 77.2 Å². The summed E-state index contributed by atoms with van der Waals surface area (Å²) in [6.45, 7) is 2.75. The minimum Gasteiger partial charge on any atom is -0.490 e. The van der Waals surface area contributed by atoms with E-state index in [1.165, 1.54) is 11.8 Å². The molecule has 0 aliphatic heterocycles. The lowest BCUT2D eigenvalue weighted by Crippen LogP contribution is -2.01. The molecule has 6 nitrogen and oxygen atoms in total. The number of hydrogen-bond donors (Lipinski definition) is 0. The third-order valence-corrected chi connectivity index (χ3v) is 6.75. The Balaban J connectivity index is 1.43. The lowest BCUT2D eigenvalue weighted by atomic mass is 10.2. The summed E-state index contributed by atoms with van der Waals surface area (Å²) in [5.74, 6) is 1.97. The van der Waals surface area contributed by atoms with E-state index >= 15 is 0 Å². The summed E-state index contributed by atoms with van der Waals surface area (Å²) in [5.41, 5.74) is 2.89. The molecular weight excluding hydrogens is 527 g/mol. The highest BCUT2D eigenvalue weighted by Crippen LogP contribution is 2.30. The number of nitrogens with zero attached hydrogens (tertiary/aromatic N) is 4. The predicted molar refractivity (Wildman–Crippen MR) is 142 cm³/mol. The average Bonchev–Trinajstić information content (AvgIpc) is 3.31. The molecule has 0 bridgehead atoms. The number of hydrogen-bond acceptors (Lipinski definition) is 6. The summed E-state index contributed by atoms with van der Waals surface area (Å²) in [6, 6.07) is 18.8. The molecule has 4 rings (SSSR count). The standard InChI is InChI=1S/C25H21Cl3N4O2S/c1-2-33-24-12-18(6-10-23(24)34-14-19-5-9-21(27)22(28)11-19)13-30-32-16-29-31-25(32)35-15-17-3-7-20(26)8-4-17/h3-13,16H,2,14-15H2,1H3/b30-13+. The topological polar surface area (TPSA) is 61.5 Å². The van der Waals surface area contributed by atoms with Crippen molar-refractivity contribution in [2.75, 3.05) is 6.61 Å². The Bertz CT molecular complexity index is 1310. The number of aromatic nitrogens is 3. The van der Waals surface area contributed by atoms with Gasteiger partial charge in [-0.15, -0.1) is 10.2 Å². The largest absolute Gasteiger partial charge is 0.490 e. The molecular formula is C25H21Cl3N4O2S. The second kappa shape index (κ2) is 12.3. The molecule has 3 aromatic carbocycles. The fourth-order valence-electron chi connectivity index (χ4n) is 3.03. The maximum absolute atomic E-state index is 6.10. The fraction of sp³-hybridized carbons (Fsp3) is 0.160. The van der Waals surface area contributed by atoms with Crippen molar-refractivity contribution in [3.05, 3.63) is 98.7 Å². The van der Waals surface area contributed by atoms with Crippen LogP contribution in [0.1, 0.15) is 23.6 Å². The monoisotopic (exact) mass is 546 g/mol. The zero-order valence-electron chi connectivity index (χ0n) is 18.7. The average molecular weight is 548 g/mol. The van der Waals surface area contributed by atoms with Crippen molar-refractivity contribution in [3.63, 3.8) is 0 Å². The zero-order valence-corrected chi connectivity index (χ0v) is 21.8. The van der Waals surface area contributed by atoms with E-state index in [1.54, 1.807) is 29.4 Å². The third kappa shape index (κ3) is 7.15. The second-order valence-corrected chi connectivity index (χ2v) is 9.49. The zero-order chi connectivity index (χ0) is 24.6. The van der Waals surface area contributed by atoms with Crippen molar-refractivity contribution in [1.29, 1.82) is 0 Å². The Hall–Kier alpha value is -2.71. The number of rotatable bonds is 10. The Morgan fingerprint density at radius 3 is 2.49 bits per heavy atom. The molecule has 0 atom stereocenters. The van der Waals surface area contributed by atoms with E-state index in [4.69, 9.17) is 44.3 Å². The molecule has 0 fully saturated rings. The van der Waals surface area contributed by atoms with E-state index in [0.29, 0.717) is 44.9 Å². The van der Waals surface area contributed by atoms with Crippen LogP contribution in [0.5, 0.6) is 11.5 Å². The second-order valence-electron chi connectivity index (χ2n) is 7.29. The number of ether oxygens (including phenoxy) is 2. The molecule has 0 radical (unpaired) electrons. The maximum atomic E-state index is 6.10. The molecule has 0 aliphatic rings. The van der Waals surface area contributed by atoms with E-state index in [2.05, 4.69) is 15.3 Å². The van der Waals surface area contributed by atoms with Crippen LogP contribution in [-0.2, 0) is 12.4 Å². The van der Waals surface area contributed by atoms with Crippen molar-refractivity contribution >= 4 is 52.8 Å². The molecule has 35 heavy (non-hydrogen) atoms. The van der Waals surface area contributed by atoms with Crippen molar-refractivity contribution in [1.82, 2.24) is 14.9 Å². The van der Waals surface area contributed by atoms with Crippen molar-refractivity contribution in [3.8, 4) is 11.5 Å². The van der Waals surface area contributed by atoms with Gasteiger partial charge in [-0.25, -0.2) is 0 Å². The molecule has 0 spiro atoms.